The Bertz CT molecular complexity index is 3420. The summed E-state index contributed by atoms with van der Waals surface area (Å²) in [4.78, 5) is 0. The van der Waals surface area contributed by atoms with Crippen LogP contribution in [0.4, 0.5) is 0 Å². The molecule has 0 saturated heterocycles. The maximum atomic E-state index is 10.5. The molecule has 254 valence electrons. The Balaban J connectivity index is 1.18. The first-order chi connectivity index (χ1) is 27.2. The van der Waals surface area contributed by atoms with Crippen molar-refractivity contribution >= 4 is 65.4 Å². The van der Waals surface area contributed by atoms with Gasteiger partial charge in [-0.2, -0.15) is 10.5 Å². The van der Waals surface area contributed by atoms with Crippen molar-refractivity contribution in [1.82, 2.24) is 13.7 Å². The minimum atomic E-state index is 0.555. The second-order valence-corrected chi connectivity index (χ2v) is 13.9. The maximum absolute atomic E-state index is 10.5. The first-order valence-electron chi connectivity index (χ1n) is 18.3. The minimum absolute atomic E-state index is 0.555. The fraction of sp³-hybridized carbons (Fsp3) is 0. The first kappa shape index (κ1) is 30.7. The summed E-state index contributed by atoms with van der Waals surface area (Å²) < 4.78 is 6.93. The van der Waals surface area contributed by atoms with E-state index < -0.39 is 0 Å². The van der Waals surface area contributed by atoms with Gasteiger partial charge in [0.1, 0.15) is 6.07 Å². The topological polar surface area (TPSA) is 62.4 Å². The van der Waals surface area contributed by atoms with Crippen molar-refractivity contribution in [2.75, 3.05) is 0 Å². The van der Waals surface area contributed by atoms with Crippen LogP contribution < -0.4 is 0 Å². The molecule has 0 saturated carbocycles. The zero-order chi connectivity index (χ0) is 36.6. The molecule has 0 N–H and O–H groups in total. The molecule has 0 aliphatic heterocycles. The molecular weight excluding hydrogens is 671 g/mol. The lowest BCUT2D eigenvalue weighted by atomic mass is 10.00. The molecule has 5 nitrogen and oxygen atoms in total. The van der Waals surface area contributed by atoms with Crippen molar-refractivity contribution in [3.63, 3.8) is 0 Å². The fourth-order valence-corrected chi connectivity index (χ4v) is 8.89. The summed E-state index contributed by atoms with van der Waals surface area (Å²) in [7, 11) is 0. The number of rotatable bonds is 4. The Morgan fingerprint density at radius 2 is 0.782 bits per heavy atom. The monoisotopic (exact) mass is 699 g/mol. The Morgan fingerprint density at radius 1 is 0.327 bits per heavy atom. The molecule has 11 aromatic rings. The third kappa shape index (κ3) is 4.33. The van der Waals surface area contributed by atoms with Crippen molar-refractivity contribution in [3.05, 3.63) is 187 Å². The van der Waals surface area contributed by atoms with Crippen molar-refractivity contribution in [3.8, 4) is 40.3 Å². The van der Waals surface area contributed by atoms with E-state index in [-0.39, 0.29) is 0 Å². The number of aromatic nitrogens is 3. The highest BCUT2D eigenvalue weighted by molar-refractivity contribution is 6.17. The van der Waals surface area contributed by atoms with Crippen LogP contribution in [-0.2, 0) is 0 Å². The van der Waals surface area contributed by atoms with Crippen molar-refractivity contribution in [2.45, 2.75) is 0 Å². The maximum Gasteiger partial charge on any atom is 0.101 e. The normalized spacial score (nSPS) is 11.6. The van der Waals surface area contributed by atoms with Crippen LogP contribution in [-0.4, -0.2) is 13.7 Å². The van der Waals surface area contributed by atoms with Gasteiger partial charge in [0, 0.05) is 37.9 Å². The fourth-order valence-electron chi connectivity index (χ4n) is 8.89. The van der Waals surface area contributed by atoms with Gasteiger partial charge >= 0.3 is 0 Å². The van der Waals surface area contributed by atoms with Gasteiger partial charge in [-0.15, -0.1) is 0 Å². The van der Waals surface area contributed by atoms with Gasteiger partial charge in [-0.1, -0.05) is 109 Å². The highest BCUT2D eigenvalue weighted by Crippen LogP contribution is 2.42. The van der Waals surface area contributed by atoms with Crippen molar-refractivity contribution in [2.24, 2.45) is 0 Å². The van der Waals surface area contributed by atoms with Crippen molar-refractivity contribution < 1.29 is 0 Å². The number of nitriles is 2. The second kappa shape index (κ2) is 11.8. The van der Waals surface area contributed by atoms with E-state index in [9.17, 15) is 10.5 Å². The molecule has 0 radical (unpaired) electrons. The lowest BCUT2D eigenvalue weighted by Gasteiger charge is -2.17. The SMILES string of the molecule is N#Cc1ccc(-c2ccccc2-n2c3ccccc3c3c(-n4c5ccccc5c5ccccc54)cccc32)cc1-n1c2ccccc2c2c(C#N)cccc21. The zero-order valence-electron chi connectivity index (χ0n) is 29.5. The van der Waals surface area contributed by atoms with E-state index in [2.05, 4.69) is 159 Å². The van der Waals surface area contributed by atoms with Gasteiger partial charge in [0.05, 0.1) is 67.4 Å². The summed E-state index contributed by atoms with van der Waals surface area (Å²) in [5.41, 5.74) is 12.5. The number of para-hydroxylation sites is 5. The summed E-state index contributed by atoms with van der Waals surface area (Å²) in [6.45, 7) is 0. The van der Waals surface area contributed by atoms with Crippen LogP contribution in [0.25, 0.3) is 93.6 Å². The molecule has 0 fully saturated rings. The molecule has 3 aromatic heterocycles. The molecule has 11 rings (SSSR count). The predicted octanol–water partition coefficient (Wildman–Crippen LogP) is 12.4. The summed E-state index contributed by atoms with van der Waals surface area (Å²) >= 11 is 0. The number of nitrogens with zero attached hydrogens (tertiary/aromatic N) is 5. The molecule has 0 aliphatic rings. The van der Waals surface area contributed by atoms with Crippen LogP contribution in [0, 0.1) is 22.7 Å². The number of benzene rings is 8. The van der Waals surface area contributed by atoms with Crippen LogP contribution >= 0.6 is 0 Å². The summed E-state index contributed by atoms with van der Waals surface area (Å²) in [6, 6.07) is 66.0. The van der Waals surface area contributed by atoms with Gasteiger partial charge < -0.3 is 13.7 Å². The van der Waals surface area contributed by atoms with Crippen LogP contribution in [0.2, 0.25) is 0 Å². The van der Waals surface area contributed by atoms with Gasteiger partial charge in [-0.05, 0) is 72.3 Å². The molecule has 5 heteroatoms. The van der Waals surface area contributed by atoms with Crippen molar-refractivity contribution in [1.29, 1.82) is 10.5 Å². The highest BCUT2D eigenvalue weighted by Gasteiger charge is 2.22. The molecule has 55 heavy (non-hydrogen) atoms. The molecule has 0 bridgehead atoms. The van der Waals surface area contributed by atoms with Gasteiger partial charge in [0.15, 0.2) is 0 Å². The molecular formula is C50H29N5. The van der Waals surface area contributed by atoms with Crippen LogP contribution in [0.5, 0.6) is 0 Å². The quantitative estimate of drug-likeness (QED) is 0.184. The van der Waals surface area contributed by atoms with E-state index in [4.69, 9.17) is 0 Å². The average molecular weight is 700 g/mol. The minimum Gasteiger partial charge on any atom is -0.309 e. The van der Waals surface area contributed by atoms with Crippen LogP contribution in [0.15, 0.2) is 176 Å². The largest absolute Gasteiger partial charge is 0.309 e. The Morgan fingerprint density at radius 3 is 1.44 bits per heavy atom. The molecule has 0 spiro atoms. The smallest absolute Gasteiger partial charge is 0.101 e. The molecule has 0 amide bonds. The van der Waals surface area contributed by atoms with E-state index in [0.717, 1.165) is 61.0 Å². The summed E-state index contributed by atoms with van der Waals surface area (Å²) in [6.07, 6.45) is 0. The average Bonchev–Trinajstić information content (AvgIpc) is 3.89. The van der Waals surface area contributed by atoms with E-state index >= 15 is 0 Å². The van der Waals surface area contributed by atoms with Gasteiger partial charge in [-0.25, -0.2) is 0 Å². The number of hydrogen-bond donors (Lipinski definition) is 0. The third-order valence-corrected chi connectivity index (χ3v) is 11.1. The number of fused-ring (bicyclic) bond motifs is 9. The molecule has 8 aromatic carbocycles. The van der Waals surface area contributed by atoms with Gasteiger partial charge in [-0.3, -0.25) is 0 Å². The molecule has 0 aliphatic carbocycles. The number of hydrogen-bond acceptors (Lipinski definition) is 2. The molecule has 3 heterocycles. The van der Waals surface area contributed by atoms with Gasteiger partial charge in [0.2, 0.25) is 0 Å². The standard InChI is InChI=1S/C50H29N5/c51-30-33-28-27-32(29-48(33)55-43-22-9-4-17-38(43)49-34(31-52)13-11-24-45(49)55)35-14-1-6-19-40(35)53-44-23-10-5-18-39(44)50-46(53)25-12-26-47(50)54-41-20-7-2-15-36(41)37-16-3-8-21-42(37)54/h1-29H. The third-order valence-electron chi connectivity index (χ3n) is 11.1. The van der Waals surface area contributed by atoms with Crippen LogP contribution in [0.1, 0.15) is 11.1 Å². The first-order valence-corrected chi connectivity index (χ1v) is 18.3. The second-order valence-electron chi connectivity index (χ2n) is 13.9. The predicted molar refractivity (Wildman–Crippen MR) is 224 cm³/mol. The van der Waals surface area contributed by atoms with E-state index in [1.807, 2.05) is 42.5 Å². The van der Waals surface area contributed by atoms with E-state index in [1.165, 1.54) is 32.6 Å². The Kier molecular flexibility index (Phi) is 6.61. The Labute approximate surface area is 316 Å². The highest BCUT2D eigenvalue weighted by atomic mass is 15.0. The van der Waals surface area contributed by atoms with E-state index in [1.54, 1.807) is 0 Å². The lowest BCUT2D eigenvalue weighted by molar-refractivity contribution is 1.16. The lowest BCUT2D eigenvalue weighted by Crippen LogP contribution is -2.01. The zero-order valence-corrected chi connectivity index (χ0v) is 29.5. The molecule has 0 atom stereocenters. The summed E-state index contributed by atoms with van der Waals surface area (Å²) in [5.74, 6) is 0. The Hall–Kier alpha value is -7.86. The molecule has 0 unspecified atom stereocenters. The van der Waals surface area contributed by atoms with Gasteiger partial charge in [0.25, 0.3) is 0 Å². The summed E-state index contributed by atoms with van der Waals surface area (Å²) in [5, 5.41) is 27.2. The van der Waals surface area contributed by atoms with E-state index in [0.29, 0.717) is 11.1 Å². The van der Waals surface area contributed by atoms with Crippen LogP contribution in [0.3, 0.4) is 0 Å².